The van der Waals surface area contributed by atoms with Crippen molar-refractivity contribution in [2.75, 3.05) is 14.1 Å². The van der Waals surface area contributed by atoms with Gasteiger partial charge in [0.15, 0.2) is 0 Å². The molecule has 0 saturated carbocycles. The van der Waals surface area contributed by atoms with Crippen LogP contribution in [0.25, 0.3) is 0 Å². The summed E-state index contributed by atoms with van der Waals surface area (Å²) in [6.07, 6.45) is -1.58. The quantitative estimate of drug-likeness (QED) is 0.668. The lowest BCUT2D eigenvalue weighted by Crippen LogP contribution is -2.38. The lowest BCUT2D eigenvalue weighted by Gasteiger charge is -2.26. The van der Waals surface area contributed by atoms with Gasteiger partial charge in [-0.05, 0) is 26.2 Å². The van der Waals surface area contributed by atoms with E-state index in [0.717, 1.165) is 4.90 Å². The maximum absolute atomic E-state index is 10.1. The number of rotatable bonds is 2. The fraction of sp³-hybridized carbons (Fsp3) is 0.455. The van der Waals surface area contributed by atoms with Crippen LogP contribution >= 0.6 is 11.8 Å². The second-order valence-corrected chi connectivity index (χ2v) is 5.31. The van der Waals surface area contributed by atoms with E-state index in [1.165, 1.54) is 11.8 Å². The molecule has 1 aromatic rings. The van der Waals surface area contributed by atoms with Crippen LogP contribution in [0.3, 0.4) is 0 Å². The Morgan fingerprint density at radius 1 is 1.38 bits per heavy atom. The Hall–Kier alpha value is -0.750. The van der Waals surface area contributed by atoms with E-state index < -0.39 is 12.3 Å². The number of thioether (sulfide) groups is 1. The van der Waals surface area contributed by atoms with Crippen LogP contribution in [-0.4, -0.2) is 45.8 Å². The molecule has 1 heterocycles. The van der Waals surface area contributed by atoms with Gasteiger partial charge in [-0.15, -0.1) is 11.8 Å². The molecular weight excluding hydrogens is 226 g/mol. The van der Waals surface area contributed by atoms with Crippen LogP contribution in [0.5, 0.6) is 5.75 Å². The van der Waals surface area contributed by atoms with E-state index in [-0.39, 0.29) is 11.0 Å². The van der Waals surface area contributed by atoms with Crippen LogP contribution in [0.2, 0.25) is 0 Å². The first-order valence-corrected chi connectivity index (χ1v) is 5.91. The average molecular weight is 241 g/mol. The van der Waals surface area contributed by atoms with Gasteiger partial charge in [-0.25, -0.2) is 0 Å². The zero-order valence-corrected chi connectivity index (χ0v) is 9.98. The Labute approximate surface area is 98.5 Å². The number of hydrogen-bond donors (Lipinski definition) is 3. The summed E-state index contributed by atoms with van der Waals surface area (Å²) in [6.45, 7) is 0. The second-order valence-electron chi connectivity index (χ2n) is 4.09. The van der Waals surface area contributed by atoms with Gasteiger partial charge in [0.2, 0.25) is 0 Å². The molecule has 0 radical (unpaired) electrons. The standard InChI is InChI=1S/C11H15NO3S/c1-12(2)11(15)10-9(14)8-6(13)4-3-5-7(8)16-10/h3-5,9-11,13-15H,1-2H3. The Morgan fingerprint density at radius 2 is 2.06 bits per heavy atom. The molecule has 3 unspecified atom stereocenters. The first kappa shape index (κ1) is 11.7. The van der Waals surface area contributed by atoms with E-state index in [4.69, 9.17) is 0 Å². The molecule has 1 aromatic carbocycles. The van der Waals surface area contributed by atoms with Crippen molar-refractivity contribution in [3.8, 4) is 5.75 Å². The van der Waals surface area contributed by atoms with Gasteiger partial charge >= 0.3 is 0 Å². The molecule has 0 fully saturated rings. The lowest BCUT2D eigenvalue weighted by molar-refractivity contribution is 0.00364. The van der Waals surface area contributed by atoms with Crippen LogP contribution in [-0.2, 0) is 0 Å². The monoisotopic (exact) mass is 241 g/mol. The minimum Gasteiger partial charge on any atom is -0.508 e. The predicted octanol–water partition coefficient (Wildman–Crippen LogP) is 0.780. The summed E-state index contributed by atoms with van der Waals surface area (Å²) in [5, 5.41) is 29.3. The number of nitrogens with zero attached hydrogens (tertiary/aromatic N) is 1. The van der Waals surface area contributed by atoms with Gasteiger partial charge in [0, 0.05) is 10.5 Å². The molecule has 1 aliphatic rings. The highest BCUT2D eigenvalue weighted by Gasteiger charge is 2.39. The molecule has 1 aliphatic heterocycles. The van der Waals surface area contributed by atoms with Crippen molar-refractivity contribution in [1.29, 1.82) is 0 Å². The van der Waals surface area contributed by atoms with Gasteiger partial charge in [0.25, 0.3) is 0 Å². The van der Waals surface area contributed by atoms with Crippen molar-refractivity contribution in [2.24, 2.45) is 0 Å². The van der Waals surface area contributed by atoms with Gasteiger partial charge in [-0.2, -0.15) is 0 Å². The Morgan fingerprint density at radius 3 is 2.62 bits per heavy atom. The molecular formula is C11H15NO3S. The second kappa shape index (κ2) is 4.25. The fourth-order valence-electron chi connectivity index (χ4n) is 1.83. The van der Waals surface area contributed by atoms with E-state index in [1.54, 1.807) is 31.1 Å². The number of benzene rings is 1. The molecule has 3 N–H and O–H groups in total. The van der Waals surface area contributed by atoms with Crippen LogP contribution in [0.4, 0.5) is 0 Å². The van der Waals surface area contributed by atoms with Crippen molar-refractivity contribution in [1.82, 2.24) is 4.90 Å². The lowest BCUT2D eigenvalue weighted by atomic mass is 10.0. The third kappa shape index (κ3) is 1.80. The molecule has 0 amide bonds. The van der Waals surface area contributed by atoms with Crippen molar-refractivity contribution < 1.29 is 15.3 Å². The van der Waals surface area contributed by atoms with Crippen molar-refractivity contribution in [3.63, 3.8) is 0 Å². The molecule has 0 bridgehead atoms. The third-order valence-corrected chi connectivity index (χ3v) is 4.12. The summed E-state index contributed by atoms with van der Waals surface area (Å²) in [5.74, 6) is 0.0888. The number of phenolic OH excluding ortho intramolecular Hbond substituents is 1. The molecule has 0 aromatic heterocycles. The van der Waals surface area contributed by atoms with Gasteiger partial charge in [0.05, 0.1) is 11.4 Å². The summed E-state index contributed by atoms with van der Waals surface area (Å²) < 4.78 is 0. The first-order chi connectivity index (χ1) is 7.52. The van der Waals surface area contributed by atoms with Crippen LogP contribution < -0.4 is 0 Å². The first-order valence-electron chi connectivity index (χ1n) is 5.03. The van der Waals surface area contributed by atoms with Crippen LogP contribution in [0.15, 0.2) is 23.1 Å². The molecule has 0 aliphatic carbocycles. The maximum atomic E-state index is 10.1. The number of aromatic hydroxyl groups is 1. The summed E-state index contributed by atoms with van der Waals surface area (Å²) in [5.41, 5.74) is 0.526. The van der Waals surface area contributed by atoms with E-state index in [1.807, 2.05) is 6.07 Å². The average Bonchev–Trinajstić information content (AvgIpc) is 2.56. The SMILES string of the molecule is CN(C)C(O)C1Sc2cccc(O)c2C1O. The molecule has 16 heavy (non-hydrogen) atoms. The van der Waals surface area contributed by atoms with Crippen LogP contribution in [0, 0.1) is 0 Å². The van der Waals surface area contributed by atoms with Gasteiger partial charge in [-0.1, -0.05) is 6.07 Å². The Kier molecular flexibility index (Phi) is 3.12. The molecule has 4 nitrogen and oxygen atoms in total. The Bertz CT molecular complexity index is 397. The van der Waals surface area contributed by atoms with E-state index >= 15 is 0 Å². The molecule has 0 saturated heterocycles. The minimum atomic E-state index is -0.835. The summed E-state index contributed by atoms with van der Waals surface area (Å²) in [7, 11) is 3.50. The number of fused-ring (bicyclic) bond motifs is 1. The summed E-state index contributed by atoms with van der Waals surface area (Å²) >= 11 is 1.39. The van der Waals surface area contributed by atoms with Gasteiger partial charge < -0.3 is 15.3 Å². The van der Waals surface area contributed by atoms with Crippen LogP contribution in [0.1, 0.15) is 11.7 Å². The highest BCUT2D eigenvalue weighted by molar-refractivity contribution is 8.00. The Balaban J connectivity index is 2.31. The zero-order chi connectivity index (χ0) is 11.9. The highest BCUT2D eigenvalue weighted by atomic mass is 32.2. The number of hydrogen-bond acceptors (Lipinski definition) is 5. The summed E-state index contributed by atoms with van der Waals surface area (Å²) in [4.78, 5) is 2.47. The highest BCUT2D eigenvalue weighted by Crippen LogP contribution is 2.48. The zero-order valence-electron chi connectivity index (χ0n) is 9.16. The molecule has 5 heteroatoms. The maximum Gasteiger partial charge on any atom is 0.122 e. The largest absolute Gasteiger partial charge is 0.508 e. The van der Waals surface area contributed by atoms with E-state index in [2.05, 4.69) is 0 Å². The van der Waals surface area contributed by atoms with Crippen molar-refractivity contribution >= 4 is 11.8 Å². The molecule has 88 valence electrons. The van der Waals surface area contributed by atoms with Crippen molar-refractivity contribution in [3.05, 3.63) is 23.8 Å². The summed E-state index contributed by atoms with van der Waals surface area (Å²) in [6, 6.07) is 5.12. The number of aliphatic hydroxyl groups is 2. The smallest absolute Gasteiger partial charge is 0.122 e. The third-order valence-electron chi connectivity index (χ3n) is 2.74. The van der Waals surface area contributed by atoms with E-state index in [0.29, 0.717) is 5.56 Å². The predicted molar refractivity (Wildman–Crippen MR) is 62.4 cm³/mol. The molecule has 2 rings (SSSR count). The molecule has 3 atom stereocenters. The minimum absolute atomic E-state index is 0.0888. The number of aliphatic hydroxyl groups excluding tert-OH is 2. The molecule has 0 spiro atoms. The van der Waals surface area contributed by atoms with E-state index in [9.17, 15) is 15.3 Å². The fourth-order valence-corrected chi connectivity index (χ4v) is 3.26. The number of phenols is 1. The van der Waals surface area contributed by atoms with Gasteiger partial charge in [-0.3, -0.25) is 4.90 Å². The van der Waals surface area contributed by atoms with Crippen molar-refractivity contribution in [2.45, 2.75) is 22.5 Å². The normalized spacial score (nSPS) is 25.8. The topological polar surface area (TPSA) is 63.9 Å². The van der Waals surface area contributed by atoms with Gasteiger partial charge in [0.1, 0.15) is 12.0 Å².